The summed E-state index contributed by atoms with van der Waals surface area (Å²) in [6.45, 7) is 1.93. The minimum atomic E-state index is -0.801. The van der Waals surface area contributed by atoms with Gasteiger partial charge in [0, 0.05) is 24.6 Å². The van der Waals surface area contributed by atoms with Crippen molar-refractivity contribution in [2.75, 3.05) is 42.5 Å². The van der Waals surface area contributed by atoms with Crippen molar-refractivity contribution in [3.63, 3.8) is 0 Å². The number of nitrogens with one attached hydrogen (secondary N) is 2. The summed E-state index contributed by atoms with van der Waals surface area (Å²) in [5, 5.41) is 5.20. The first kappa shape index (κ1) is 31.9. The molecule has 44 heavy (non-hydrogen) atoms. The highest BCUT2D eigenvalue weighted by molar-refractivity contribution is 5.91. The van der Waals surface area contributed by atoms with Crippen molar-refractivity contribution in [1.29, 1.82) is 0 Å². The third-order valence-corrected chi connectivity index (χ3v) is 6.95. The zero-order chi connectivity index (χ0) is 32.0. The van der Waals surface area contributed by atoms with Crippen LogP contribution in [0.3, 0.4) is 0 Å². The highest BCUT2D eigenvalue weighted by Gasteiger charge is 2.34. The number of halogens is 2. The second-order valence-corrected chi connectivity index (χ2v) is 10.3. The Labute approximate surface area is 251 Å². The lowest BCUT2D eigenvalue weighted by Crippen LogP contribution is -2.44. The number of carbonyl (C=O) groups excluding carboxylic acids is 4. The highest BCUT2D eigenvalue weighted by Crippen LogP contribution is 2.33. The van der Waals surface area contributed by atoms with E-state index < -0.39 is 48.0 Å². The zero-order valence-electron chi connectivity index (χ0n) is 23.9. The molecule has 0 aliphatic carbocycles. The number of hydrogen-bond acceptors (Lipinski definition) is 8. The highest BCUT2D eigenvalue weighted by atomic mass is 19.1. The summed E-state index contributed by atoms with van der Waals surface area (Å²) in [4.78, 5) is 54.4. The molecule has 16 heteroatoms. The Hall–Kier alpha value is -4.99. The maximum absolute atomic E-state index is 15.2. The first-order chi connectivity index (χ1) is 20.9. The largest absolute Gasteiger partial charge is 0.442 e. The number of nitrogens with two attached hydrogens (primary N) is 3. The molecule has 0 aromatic heterocycles. The molecule has 2 aromatic carbocycles. The van der Waals surface area contributed by atoms with Crippen LogP contribution in [0, 0.1) is 11.6 Å². The van der Waals surface area contributed by atoms with Crippen LogP contribution in [0.25, 0.3) is 11.1 Å². The number of carbonyl (C=O) groups is 4. The van der Waals surface area contributed by atoms with Gasteiger partial charge < -0.3 is 37.3 Å². The zero-order valence-corrected chi connectivity index (χ0v) is 23.9. The molecule has 4 amide bonds. The molecule has 4 rings (SSSR count). The van der Waals surface area contributed by atoms with Crippen molar-refractivity contribution in [1.82, 2.24) is 10.6 Å². The van der Waals surface area contributed by atoms with Gasteiger partial charge in [-0.25, -0.2) is 18.4 Å². The van der Waals surface area contributed by atoms with Gasteiger partial charge in [-0.05, 0) is 49.2 Å². The lowest BCUT2D eigenvalue weighted by atomic mass is 10.0. The molecular formula is C28H34F2N8O6. The van der Waals surface area contributed by atoms with Crippen LogP contribution in [-0.2, 0) is 19.1 Å². The summed E-state index contributed by atoms with van der Waals surface area (Å²) >= 11 is 0. The Kier molecular flexibility index (Phi) is 10.2. The van der Waals surface area contributed by atoms with E-state index in [0.29, 0.717) is 19.4 Å². The minimum absolute atomic E-state index is 0.000648. The Morgan fingerprint density at radius 1 is 0.932 bits per heavy atom. The molecule has 14 nitrogen and oxygen atoms in total. The number of amides is 4. The van der Waals surface area contributed by atoms with Crippen LogP contribution in [-0.4, -0.2) is 80.9 Å². The van der Waals surface area contributed by atoms with Gasteiger partial charge in [-0.3, -0.25) is 24.4 Å². The predicted octanol–water partition coefficient (Wildman–Crippen LogP) is 0.915. The summed E-state index contributed by atoms with van der Waals surface area (Å²) in [5.41, 5.74) is 16.7. The van der Waals surface area contributed by atoms with Gasteiger partial charge in [0.15, 0.2) is 5.96 Å². The number of aliphatic imine (C=N–C) groups is 1. The third-order valence-electron chi connectivity index (χ3n) is 6.95. The Bertz CT molecular complexity index is 1450. The Balaban J connectivity index is 1.35. The summed E-state index contributed by atoms with van der Waals surface area (Å²) in [6.07, 6.45) is -1.88. The van der Waals surface area contributed by atoms with Crippen molar-refractivity contribution in [3.05, 3.63) is 48.0 Å². The molecule has 2 heterocycles. The van der Waals surface area contributed by atoms with Crippen LogP contribution < -0.4 is 37.6 Å². The van der Waals surface area contributed by atoms with Gasteiger partial charge in [0.25, 0.3) is 0 Å². The number of ether oxygens (including phenoxy) is 2. The average molecular weight is 617 g/mol. The second kappa shape index (κ2) is 14.0. The third kappa shape index (κ3) is 7.89. The minimum Gasteiger partial charge on any atom is -0.442 e. The number of guanidine groups is 1. The summed E-state index contributed by atoms with van der Waals surface area (Å²) < 4.78 is 40.9. The molecule has 0 radical (unpaired) electrons. The number of anilines is 2. The second-order valence-electron chi connectivity index (χ2n) is 10.3. The lowest BCUT2D eigenvalue weighted by molar-refractivity contribution is -0.123. The fraction of sp³-hybridized carbons (Fsp3) is 0.393. The first-order valence-electron chi connectivity index (χ1n) is 13.8. The van der Waals surface area contributed by atoms with Crippen molar-refractivity contribution >= 4 is 41.3 Å². The van der Waals surface area contributed by atoms with E-state index in [-0.39, 0.29) is 60.5 Å². The van der Waals surface area contributed by atoms with E-state index in [9.17, 15) is 19.2 Å². The van der Waals surface area contributed by atoms with E-state index >= 15 is 8.78 Å². The van der Waals surface area contributed by atoms with Gasteiger partial charge in [-0.15, -0.1) is 0 Å². The van der Waals surface area contributed by atoms with Crippen LogP contribution in [0.4, 0.5) is 29.7 Å². The number of benzene rings is 2. The number of cyclic esters (lactones) is 2. The number of rotatable bonds is 12. The molecule has 2 aliphatic heterocycles. The van der Waals surface area contributed by atoms with Gasteiger partial charge in [0.1, 0.15) is 23.8 Å². The normalized spacial score (nSPS) is 18.5. The van der Waals surface area contributed by atoms with Crippen molar-refractivity contribution < 1.29 is 37.4 Å². The topological polar surface area (TPSA) is 208 Å². The Morgan fingerprint density at radius 2 is 1.43 bits per heavy atom. The monoisotopic (exact) mass is 616 g/mol. The van der Waals surface area contributed by atoms with Gasteiger partial charge in [-0.2, -0.15) is 0 Å². The average Bonchev–Trinajstić information content (AvgIpc) is 3.54. The fourth-order valence-electron chi connectivity index (χ4n) is 4.71. The number of nitrogens with zero attached hydrogens (tertiary/aromatic N) is 3. The Morgan fingerprint density at radius 3 is 1.89 bits per heavy atom. The summed E-state index contributed by atoms with van der Waals surface area (Å²) in [7, 11) is 0. The fourth-order valence-corrected chi connectivity index (χ4v) is 4.71. The summed E-state index contributed by atoms with van der Waals surface area (Å²) in [6, 6.07) is 6.96. The van der Waals surface area contributed by atoms with E-state index in [1.54, 1.807) is 0 Å². The van der Waals surface area contributed by atoms with Crippen molar-refractivity contribution in [3.8, 4) is 11.1 Å². The van der Waals surface area contributed by atoms with Gasteiger partial charge in [-0.1, -0.05) is 0 Å². The molecule has 3 atom stereocenters. The van der Waals surface area contributed by atoms with Crippen LogP contribution in [0.5, 0.6) is 0 Å². The number of hydrogen-bond donors (Lipinski definition) is 5. The molecule has 8 N–H and O–H groups in total. The standard InChI is InChI=1S/C28H34F2N8O6/c1-15(39)35-11-18-13-37(27(41)43-18)16-4-6-20(22(29)9-16)21-7-5-17(10-23(21)30)38-14-19(44-28(38)42)12-36-25(40)24(31)3-2-8-34-26(32)33/h4-7,9-10,18-19,24H,2-3,8,11-14,31H2,1H3,(H,35,39)(H,36,40)(H4,32,33,34)/t18-,19-,24-/m0/s1. The summed E-state index contributed by atoms with van der Waals surface area (Å²) in [5.74, 6) is -2.32. The smallest absolute Gasteiger partial charge is 0.414 e. The van der Waals surface area contributed by atoms with Crippen molar-refractivity contribution in [2.45, 2.75) is 38.0 Å². The van der Waals surface area contributed by atoms with E-state index in [1.165, 1.54) is 41.0 Å². The van der Waals surface area contributed by atoms with Crippen LogP contribution in [0.1, 0.15) is 19.8 Å². The predicted molar refractivity (Wildman–Crippen MR) is 157 cm³/mol. The molecule has 236 valence electrons. The molecule has 2 fully saturated rings. The molecule has 2 saturated heterocycles. The maximum Gasteiger partial charge on any atom is 0.414 e. The molecule has 2 aromatic rings. The molecular weight excluding hydrogens is 582 g/mol. The lowest BCUT2D eigenvalue weighted by Gasteiger charge is -2.17. The van der Waals surface area contributed by atoms with Crippen molar-refractivity contribution in [2.24, 2.45) is 22.2 Å². The molecule has 0 saturated carbocycles. The first-order valence-corrected chi connectivity index (χ1v) is 13.8. The molecule has 2 aliphatic rings. The van der Waals surface area contributed by atoms with E-state index in [0.717, 1.165) is 12.1 Å². The van der Waals surface area contributed by atoms with Crippen LogP contribution in [0.15, 0.2) is 41.4 Å². The quantitative estimate of drug-likeness (QED) is 0.130. The van der Waals surface area contributed by atoms with E-state index in [4.69, 9.17) is 26.7 Å². The maximum atomic E-state index is 15.2. The van der Waals surface area contributed by atoms with E-state index in [2.05, 4.69) is 15.6 Å². The van der Waals surface area contributed by atoms with Gasteiger partial charge >= 0.3 is 12.2 Å². The van der Waals surface area contributed by atoms with E-state index in [1.807, 2.05) is 0 Å². The van der Waals surface area contributed by atoms with Crippen LogP contribution >= 0.6 is 0 Å². The van der Waals surface area contributed by atoms with Gasteiger partial charge in [0.2, 0.25) is 11.8 Å². The van der Waals surface area contributed by atoms with Gasteiger partial charge in [0.05, 0.1) is 43.6 Å². The van der Waals surface area contributed by atoms with Crippen LogP contribution in [0.2, 0.25) is 0 Å². The SMILES string of the molecule is CC(=O)NC[C@H]1CN(c2ccc(-c3ccc(N4C[C@H](CNC(=O)[C@@H](N)CCCN=C(N)N)OC4=O)cc3F)c(F)c2)C(=O)O1. The molecule has 0 spiro atoms. The molecule has 0 unspecified atom stereocenters. The molecule has 0 bridgehead atoms.